The second kappa shape index (κ2) is 11.5. The third kappa shape index (κ3) is 6.11. The summed E-state index contributed by atoms with van der Waals surface area (Å²) < 4.78 is 42.9. The predicted octanol–water partition coefficient (Wildman–Crippen LogP) is 0.668. The highest BCUT2D eigenvalue weighted by Gasteiger charge is 2.33. The first-order valence-corrected chi connectivity index (χ1v) is 11.9. The van der Waals surface area contributed by atoms with E-state index >= 15 is 0 Å². The number of amides is 1. The van der Waals surface area contributed by atoms with Crippen LogP contribution in [-0.2, 0) is 24.3 Å². The normalized spacial score (nSPS) is 16.0. The quantitative estimate of drug-likeness (QED) is 0.459. The Kier molecular flexibility index (Phi) is 9.29. The van der Waals surface area contributed by atoms with E-state index in [1.54, 1.807) is 24.0 Å². The summed E-state index contributed by atoms with van der Waals surface area (Å²) in [7, 11) is 0.409. The van der Waals surface area contributed by atoms with Crippen LogP contribution in [0.15, 0.2) is 23.1 Å². The summed E-state index contributed by atoms with van der Waals surface area (Å²) >= 11 is 0. The summed E-state index contributed by atoms with van der Waals surface area (Å²) in [6, 6.07) is 4.63. The molecule has 1 fully saturated rings. The Hall–Kier alpha value is -2.37. The lowest BCUT2D eigenvalue weighted by Gasteiger charge is -2.35. The van der Waals surface area contributed by atoms with Crippen molar-refractivity contribution in [2.24, 2.45) is 5.92 Å². The van der Waals surface area contributed by atoms with Crippen molar-refractivity contribution in [2.45, 2.75) is 18.7 Å². The van der Waals surface area contributed by atoms with Crippen molar-refractivity contribution < 1.29 is 32.2 Å². The highest BCUT2D eigenvalue weighted by molar-refractivity contribution is 7.89. The number of ether oxygens (including phenoxy) is 3. The van der Waals surface area contributed by atoms with E-state index in [0.717, 1.165) is 0 Å². The van der Waals surface area contributed by atoms with E-state index in [9.17, 15) is 18.0 Å². The lowest BCUT2D eigenvalue weighted by molar-refractivity contribution is -0.146. The molecule has 1 amide bonds. The lowest BCUT2D eigenvalue weighted by Crippen LogP contribution is -2.52. The molecule has 0 bridgehead atoms. The monoisotopic (exact) mass is 471 g/mol. The Balaban J connectivity index is 2.01. The zero-order chi connectivity index (χ0) is 23.9. The number of methoxy groups -OCH3 is 3. The fourth-order valence-corrected chi connectivity index (χ4v) is 5.16. The summed E-state index contributed by atoms with van der Waals surface area (Å²) in [5.74, 6) is -0.100. The van der Waals surface area contributed by atoms with Gasteiger partial charge in [-0.15, -0.1) is 0 Å². The van der Waals surface area contributed by atoms with E-state index in [2.05, 4.69) is 0 Å². The fourth-order valence-electron chi connectivity index (χ4n) is 3.56. The molecule has 0 radical (unpaired) electrons. The van der Waals surface area contributed by atoms with Crippen LogP contribution in [-0.4, -0.2) is 102 Å². The van der Waals surface area contributed by atoms with E-state index in [4.69, 9.17) is 14.2 Å². The number of rotatable bonds is 10. The molecule has 1 saturated heterocycles. The maximum absolute atomic E-state index is 13.2. The van der Waals surface area contributed by atoms with Crippen LogP contribution in [0.4, 0.5) is 0 Å². The zero-order valence-corrected chi connectivity index (χ0v) is 20.2. The summed E-state index contributed by atoms with van der Waals surface area (Å²) in [6.07, 6.45) is 0. The molecule has 0 aliphatic carbocycles. The molecule has 0 aromatic heterocycles. The number of piperazine rings is 1. The highest BCUT2D eigenvalue weighted by atomic mass is 32.2. The molecule has 0 N–H and O–H groups in total. The smallest absolute Gasteiger partial charge is 0.309 e. The van der Waals surface area contributed by atoms with Gasteiger partial charge in [0.2, 0.25) is 15.9 Å². The van der Waals surface area contributed by atoms with Crippen LogP contribution < -0.4 is 9.47 Å². The molecule has 11 heteroatoms. The average molecular weight is 472 g/mol. The third-order valence-electron chi connectivity index (χ3n) is 5.52. The lowest BCUT2D eigenvalue weighted by atomic mass is 10.1. The van der Waals surface area contributed by atoms with E-state index in [0.29, 0.717) is 18.8 Å². The predicted molar refractivity (Wildman–Crippen MR) is 118 cm³/mol. The minimum atomic E-state index is -3.81. The number of likely N-dealkylation sites (N-methyl/N-ethyl adjacent to an activating group) is 1. The van der Waals surface area contributed by atoms with Gasteiger partial charge in [0.05, 0.1) is 33.8 Å². The molecule has 2 rings (SSSR count). The van der Waals surface area contributed by atoms with Crippen molar-refractivity contribution in [1.29, 1.82) is 0 Å². The van der Waals surface area contributed by atoms with Crippen molar-refractivity contribution in [1.82, 2.24) is 14.1 Å². The number of sulfonamides is 1. The Morgan fingerprint density at radius 1 is 1.09 bits per heavy atom. The Bertz CT molecular complexity index is 899. The molecule has 0 spiro atoms. The molecule has 1 unspecified atom stereocenters. The molecule has 1 aromatic rings. The minimum Gasteiger partial charge on any atom is -0.497 e. The van der Waals surface area contributed by atoms with Crippen molar-refractivity contribution in [3.8, 4) is 11.5 Å². The maximum Gasteiger partial charge on any atom is 0.309 e. The van der Waals surface area contributed by atoms with Gasteiger partial charge in [-0.2, -0.15) is 4.31 Å². The van der Waals surface area contributed by atoms with Crippen LogP contribution in [0.2, 0.25) is 0 Å². The molecule has 180 valence electrons. The van der Waals surface area contributed by atoms with Crippen LogP contribution in [0.1, 0.15) is 13.8 Å². The van der Waals surface area contributed by atoms with E-state index < -0.39 is 10.0 Å². The summed E-state index contributed by atoms with van der Waals surface area (Å²) in [6.45, 7) is 5.80. The van der Waals surface area contributed by atoms with E-state index in [1.807, 2.05) is 11.8 Å². The van der Waals surface area contributed by atoms with Gasteiger partial charge in [-0.25, -0.2) is 8.42 Å². The van der Waals surface area contributed by atoms with Crippen LogP contribution in [0.3, 0.4) is 0 Å². The SMILES string of the molecule is CCN(CC(=O)N1CCN(S(=O)(=O)c2cc(OC)ccc2OC)CC1)CC(C)C(=O)OC. The second-order valence-electron chi connectivity index (χ2n) is 7.55. The summed E-state index contributed by atoms with van der Waals surface area (Å²) in [5, 5.41) is 0. The van der Waals surface area contributed by atoms with Gasteiger partial charge in [-0.05, 0) is 18.7 Å². The van der Waals surface area contributed by atoms with E-state index in [1.165, 1.54) is 31.7 Å². The number of esters is 1. The largest absolute Gasteiger partial charge is 0.497 e. The standard InChI is InChI=1S/C21H33N3O7S/c1-6-22(14-16(2)21(26)31-5)15-20(25)23-9-11-24(12-10-23)32(27,28)19-13-17(29-3)7-8-18(19)30-4/h7-8,13,16H,6,9-12,14-15H2,1-5H3. The van der Waals surface area contributed by atoms with Gasteiger partial charge >= 0.3 is 5.97 Å². The van der Waals surface area contributed by atoms with Gasteiger partial charge in [-0.3, -0.25) is 14.5 Å². The third-order valence-corrected chi connectivity index (χ3v) is 7.44. The Labute approximate surface area is 190 Å². The first kappa shape index (κ1) is 25.9. The van der Waals surface area contributed by atoms with Crippen LogP contribution in [0, 0.1) is 5.92 Å². The number of carbonyl (C=O) groups excluding carboxylic acids is 2. The van der Waals surface area contributed by atoms with Crippen LogP contribution >= 0.6 is 0 Å². The summed E-state index contributed by atoms with van der Waals surface area (Å²) in [5.41, 5.74) is 0. The molecular formula is C21H33N3O7S. The summed E-state index contributed by atoms with van der Waals surface area (Å²) in [4.78, 5) is 28.0. The first-order chi connectivity index (χ1) is 15.2. The van der Waals surface area contributed by atoms with Gasteiger partial charge in [0.15, 0.2) is 0 Å². The molecular weight excluding hydrogens is 438 g/mol. The number of nitrogens with zero attached hydrogens (tertiary/aromatic N) is 3. The van der Waals surface area contributed by atoms with Gasteiger partial charge in [-0.1, -0.05) is 13.8 Å². The topological polar surface area (TPSA) is 106 Å². The molecule has 1 atom stereocenters. The van der Waals surface area contributed by atoms with E-state index in [-0.39, 0.29) is 61.2 Å². The van der Waals surface area contributed by atoms with Crippen molar-refractivity contribution >= 4 is 21.9 Å². The first-order valence-electron chi connectivity index (χ1n) is 10.5. The van der Waals surface area contributed by atoms with Crippen molar-refractivity contribution in [2.75, 3.05) is 67.1 Å². The fraction of sp³-hybridized carbons (Fsp3) is 0.619. The molecule has 32 heavy (non-hydrogen) atoms. The molecule has 0 saturated carbocycles. The minimum absolute atomic E-state index is 0.0353. The maximum atomic E-state index is 13.2. The Morgan fingerprint density at radius 2 is 1.75 bits per heavy atom. The van der Waals surface area contributed by atoms with Crippen molar-refractivity contribution in [3.05, 3.63) is 18.2 Å². The second-order valence-corrected chi connectivity index (χ2v) is 9.46. The molecule has 1 aromatic carbocycles. The molecule has 1 aliphatic heterocycles. The highest BCUT2D eigenvalue weighted by Crippen LogP contribution is 2.31. The molecule has 1 heterocycles. The van der Waals surface area contributed by atoms with Crippen molar-refractivity contribution in [3.63, 3.8) is 0 Å². The van der Waals surface area contributed by atoms with Gasteiger partial charge in [0, 0.05) is 38.8 Å². The molecule has 10 nitrogen and oxygen atoms in total. The number of benzene rings is 1. The number of hydrogen-bond donors (Lipinski definition) is 0. The zero-order valence-electron chi connectivity index (χ0n) is 19.4. The number of hydrogen-bond acceptors (Lipinski definition) is 8. The average Bonchev–Trinajstić information content (AvgIpc) is 2.82. The van der Waals surface area contributed by atoms with Gasteiger partial charge < -0.3 is 19.1 Å². The van der Waals surface area contributed by atoms with Gasteiger partial charge in [0.1, 0.15) is 16.4 Å². The van der Waals surface area contributed by atoms with Gasteiger partial charge in [0.25, 0.3) is 0 Å². The molecule has 1 aliphatic rings. The van der Waals surface area contributed by atoms with Crippen LogP contribution in [0.5, 0.6) is 11.5 Å². The number of carbonyl (C=O) groups is 2. The van der Waals surface area contributed by atoms with Crippen LogP contribution in [0.25, 0.3) is 0 Å². The Morgan fingerprint density at radius 3 is 2.28 bits per heavy atom.